The molecule has 9 nitrogen and oxygen atoms in total. The van der Waals surface area contributed by atoms with Crippen molar-refractivity contribution in [3.8, 4) is 23.0 Å². The maximum absolute atomic E-state index is 12.9. The minimum absolute atomic E-state index is 0.141. The van der Waals surface area contributed by atoms with Crippen LogP contribution in [0.5, 0.6) is 23.0 Å². The maximum atomic E-state index is 12.9. The molecule has 0 aliphatic carbocycles. The van der Waals surface area contributed by atoms with Gasteiger partial charge in [-0.2, -0.15) is 5.01 Å². The van der Waals surface area contributed by atoms with Crippen LogP contribution in [-0.4, -0.2) is 31.6 Å². The second-order valence-corrected chi connectivity index (χ2v) is 8.06. The molecule has 184 valence electrons. The first-order valence-corrected chi connectivity index (χ1v) is 11.2. The van der Waals surface area contributed by atoms with Crippen molar-refractivity contribution < 1.29 is 23.8 Å². The first-order chi connectivity index (χ1) is 17.4. The molecule has 0 aliphatic rings. The zero-order chi connectivity index (χ0) is 25.7. The van der Waals surface area contributed by atoms with Gasteiger partial charge in [0.25, 0.3) is 0 Å². The van der Waals surface area contributed by atoms with E-state index < -0.39 is 6.03 Å². The Balaban J connectivity index is 1.54. The highest BCUT2D eigenvalue weighted by Crippen LogP contribution is 2.37. The Morgan fingerprint density at radius 1 is 0.944 bits per heavy atom. The number of methoxy groups -OCH3 is 2. The summed E-state index contributed by atoms with van der Waals surface area (Å²) >= 11 is 12.4. The molecule has 0 radical (unpaired) electrons. The Bertz CT molecular complexity index is 1400. The maximum Gasteiger partial charge on any atom is 0.345 e. The van der Waals surface area contributed by atoms with E-state index in [1.807, 2.05) is 0 Å². The van der Waals surface area contributed by atoms with E-state index in [-0.39, 0.29) is 15.7 Å². The van der Waals surface area contributed by atoms with E-state index in [2.05, 4.69) is 15.7 Å². The molecule has 0 bridgehead atoms. The molecule has 3 amide bonds. The highest BCUT2D eigenvalue weighted by molar-refractivity contribution is 6.40. The molecular weight excluding hydrogens is 507 g/mol. The molecule has 0 aliphatic heterocycles. The fraction of sp³-hybridized carbons (Fsp3) is 0.0800. The van der Waals surface area contributed by atoms with E-state index in [0.29, 0.717) is 40.6 Å². The van der Waals surface area contributed by atoms with Gasteiger partial charge in [-0.1, -0.05) is 29.3 Å². The van der Waals surface area contributed by atoms with Crippen molar-refractivity contribution in [2.24, 2.45) is 0 Å². The summed E-state index contributed by atoms with van der Waals surface area (Å²) < 4.78 is 16.8. The standard InChI is InChI=1S/C25H20Cl2N4O5/c1-34-22-12-17-20(13-23(22)35-2)28-11-10-21(17)36-16-8-6-15(7-9-16)30-25(33)31(29-14-32)24-18(26)4-3-5-19(24)27/h3-14H,1-2H3,(H,29,32)(H,30,33). The first-order valence-electron chi connectivity index (χ1n) is 10.5. The van der Waals surface area contributed by atoms with E-state index >= 15 is 0 Å². The van der Waals surface area contributed by atoms with E-state index in [1.54, 1.807) is 81.1 Å². The number of rotatable bonds is 8. The average molecular weight is 527 g/mol. The summed E-state index contributed by atoms with van der Waals surface area (Å²) in [5, 5.41) is 4.72. The van der Waals surface area contributed by atoms with Gasteiger partial charge in [-0.3, -0.25) is 15.2 Å². The quantitative estimate of drug-likeness (QED) is 0.214. The van der Waals surface area contributed by atoms with E-state index in [1.165, 1.54) is 0 Å². The second-order valence-electron chi connectivity index (χ2n) is 7.24. The molecule has 1 heterocycles. The predicted octanol–water partition coefficient (Wildman–Crippen LogP) is 6.05. The number of amides is 3. The number of hydrogen-bond acceptors (Lipinski definition) is 6. The number of benzene rings is 3. The molecule has 4 rings (SSSR count). The largest absolute Gasteiger partial charge is 0.493 e. The van der Waals surface area contributed by atoms with Gasteiger partial charge in [0.15, 0.2) is 11.5 Å². The number of halogens is 2. The van der Waals surface area contributed by atoms with E-state index in [4.69, 9.17) is 37.4 Å². The molecule has 2 N–H and O–H groups in total. The van der Waals surface area contributed by atoms with Crippen LogP contribution in [0, 0.1) is 0 Å². The van der Waals surface area contributed by atoms with Crippen LogP contribution in [-0.2, 0) is 4.79 Å². The van der Waals surface area contributed by atoms with Gasteiger partial charge in [-0.05, 0) is 48.5 Å². The minimum Gasteiger partial charge on any atom is -0.493 e. The van der Waals surface area contributed by atoms with Gasteiger partial charge in [-0.15, -0.1) is 0 Å². The van der Waals surface area contributed by atoms with Crippen LogP contribution in [0.15, 0.2) is 66.9 Å². The number of nitrogens with one attached hydrogen (secondary N) is 2. The Morgan fingerprint density at radius 2 is 1.61 bits per heavy atom. The Hall–Kier alpha value is -4.21. The summed E-state index contributed by atoms with van der Waals surface area (Å²) in [7, 11) is 3.11. The Morgan fingerprint density at radius 3 is 2.25 bits per heavy atom. The van der Waals surface area contributed by atoms with Gasteiger partial charge in [0.2, 0.25) is 6.41 Å². The molecule has 3 aromatic carbocycles. The number of fused-ring (bicyclic) bond motifs is 1. The summed E-state index contributed by atoms with van der Waals surface area (Å²) in [4.78, 5) is 28.3. The number of ether oxygens (including phenoxy) is 3. The lowest BCUT2D eigenvalue weighted by Crippen LogP contribution is -2.45. The fourth-order valence-electron chi connectivity index (χ4n) is 3.43. The van der Waals surface area contributed by atoms with Crippen LogP contribution in [0.1, 0.15) is 0 Å². The van der Waals surface area contributed by atoms with Crippen molar-refractivity contribution >= 4 is 57.9 Å². The predicted molar refractivity (Wildman–Crippen MR) is 139 cm³/mol. The van der Waals surface area contributed by atoms with E-state index in [9.17, 15) is 9.59 Å². The molecule has 0 unspecified atom stereocenters. The number of aromatic nitrogens is 1. The molecule has 4 aromatic rings. The summed E-state index contributed by atoms with van der Waals surface area (Å²) in [6, 6.07) is 16.0. The summed E-state index contributed by atoms with van der Waals surface area (Å²) in [5.74, 6) is 2.19. The molecule has 0 atom stereocenters. The van der Waals surface area contributed by atoms with Gasteiger partial charge >= 0.3 is 6.03 Å². The van der Waals surface area contributed by atoms with Crippen molar-refractivity contribution in [3.63, 3.8) is 0 Å². The Kier molecular flexibility index (Phi) is 7.62. The number of para-hydroxylation sites is 1. The fourth-order valence-corrected chi connectivity index (χ4v) is 4.00. The number of hydrogen-bond donors (Lipinski definition) is 2. The molecule has 0 spiro atoms. The van der Waals surface area contributed by atoms with Gasteiger partial charge in [0, 0.05) is 23.3 Å². The third kappa shape index (κ3) is 5.22. The van der Waals surface area contributed by atoms with Crippen LogP contribution < -0.4 is 30.0 Å². The van der Waals surface area contributed by atoms with Crippen molar-refractivity contribution in [2.75, 3.05) is 24.5 Å². The highest BCUT2D eigenvalue weighted by Gasteiger charge is 2.21. The number of pyridine rings is 1. The third-order valence-electron chi connectivity index (χ3n) is 5.09. The van der Waals surface area contributed by atoms with Crippen LogP contribution in [0.4, 0.5) is 16.2 Å². The summed E-state index contributed by atoms with van der Waals surface area (Å²) in [5.41, 5.74) is 3.56. The van der Waals surface area contributed by atoms with Crippen molar-refractivity contribution in [2.45, 2.75) is 0 Å². The van der Waals surface area contributed by atoms with Gasteiger partial charge in [0.1, 0.15) is 17.2 Å². The smallest absolute Gasteiger partial charge is 0.345 e. The third-order valence-corrected chi connectivity index (χ3v) is 5.70. The lowest BCUT2D eigenvalue weighted by molar-refractivity contribution is -0.109. The Labute approximate surface area is 216 Å². The zero-order valence-corrected chi connectivity index (χ0v) is 20.6. The summed E-state index contributed by atoms with van der Waals surface area (Å²) in [6.45, 7) is 0. The van der Waals surface area contributed by atoms with Gasteiger partial charge in [-0.25, -0.2) is 4.79 Å². The van der Waals surface area contributed by atoms with Crippen LogP contribution in [0.3, 0.4) is 0 Å². The van der Waals surface area contributed by atoms with Crippen LogP contribution in [0.25, 0.3) is 10.9 Å². The normalized spacial score (nSPS) is 10.4. The lowest BCUT2D eigenvalue weighted by atomic mass is 10.2. The van der Waals surface area contributed by atoms with Crippen LogP contribution in [0.2, 0.25) is 10.0 Å². The minimum atomic E-state index is -0.674. The molecule has 11 heteroatoms. The molecule has 0 saturated carbocycles. The van der Waals surface area contributed by atoms with Gasteiger partial charge in [0.05, 0.1) is 29.8 Å². The van der Waals surface area contributed by atoms with Gasteiger partial charge < -0.3 is 19.5 Å². The van der Waals surface area contributed by atoms with Crippen molar-refractivity contribution in [3.05, 3.63) is 76.9 Å². The lowest BCUT2D eigenvalue weighted by Gasteiger charge is -2.23. The zero-order valence-electron chi connectivity index (χ0n) is 19.1. The topological polar surface area (TPSA) is 102 Å². The van der Waals surface area contributed by atoms with E-state index in [0.717, 1.165) is 10.4 Å². The SMILES string of the molecule is COc1cc2nccc(Oc3ccc(NC(=O)N(NC=O)c4c(Cl)cccc4Cl)cc3)c2cc1OC. The monoisotopic (exact) mass is 526 g/mol. The number of carbonyl (C=O) groups excluding carboxylic acids is 2. The first kappa shape index (κ1) is 24.9. The second kappa shape index (κ2) is 11.0. The van der Waals surface area contributed by atoms with Crippen LogP contribution >= 0.6 is 23.2 Å². The summed E-state index contributed by atoms with van der Waals surface area (Å²) in [6.07, 6.45) is 1.98. The number of urea groups is 1. The number of carbonyl (C=O) groups is 2. The molecular formula is C25H20Cl2N4O5. The molecule has 0 saturated heterocycles. The highest BCUT2D eigenvalue weighted by atomic mass is 35.5. The molecule has 1 aromatic heterocycles. The molecule has 36 heavy (non-hydrogen) atoms. The number of anilines is 2. The number of nitrogens with zero attached hydrogens (tertiary/aromatic N) is 2. The molecule has 0 fully saturated rings. The van der Waals surface area contributed by atoms with Crippen molar-refractivity contribution in [1.82, 2.24) is 10.4 Å². The number of hydrazine groups is 1. The van der Waals surface area contributed by atoms with Crippen molar-refractivity contribution in [1.29, 1.82) is 0 Å². The average Bonchev–Trinajstić information content (AvgIpc) is 2.88.